The number of hydrogen-bond donors (Lipinski definition) is 0. The molecule has 0 saturated heterocycles. The van der Waals surface area contributed by atoms with Crippen molar-refractivity contribution in [2.45, 2.75) is 12.0 Å². The Morgan fingerprint density at radius 3 is 2.08 bits per heavy atom. The number of rotatable bonds is 4. The van der Waals surface area contributed by atoms with Gasteiger partial charge in [0.2, 0.25) is 0 Å². The SMILES string of the molecule is C1=CC2c3cc(-c4ccc5c(c4)c4ccccc4n5-c4cccc(-c5ccccc5)c4)ccc3N(c3ccc4ccccc4c3)C2C=C1. The van der Waals surface area contributed by atoms with Crippen molar-refractivity contribution in [1.82, 2.24) is 4.57 Å². The van der Waals surface area contributed by atoms with Crippen LogP contribution in [0.3, 0.4) is 0 Å². The van der Waals surface area contributed by atoms with Crippen molar-refractivity contribution in [2.75, 3.05) is 4.90 Å². The topological polar surface area (TPSA) is 8.17 Å². The first-order valence-electron chi connectivity index (χ1n) is 16.8. The van der Waals surface area contributed by atoms with Gasteiger partial charge in [-0.3, -0.25) is 0 Å². The Bertz CT molecular complexity index is 2590. The molecule has 2 unspecified atom stereocenters. The van der Waals surface area contributed by atoms with Crippen molar-refractivity contribution in [3.63, 3.8) is 0 Å². The summed E-state index contributed by atoms with van der Waals surface area (Å²) in [7, 11) is 0. The highest BCUT2D eigenvalue weighted by molar-refractivity contribution is 6.10. The van der Waals surface area contributed by atoms with Gasteiger partial charge in [0.05, 0.1) is 17.1 Å². The molecule has 0 amide bonds. The van der Waals surface area contributed by atoms with E-state index in [4.69, 9.17) is 0 Å². The van der Waals surface area contributed by atoms with Crippen LogP contribution in [0.5, 0.6) is 0 Å². The number of benzene rings is 7. The van der Waals surface area contributed by atoms with Gasteiger partial charge in [0.25, 0.3) is 0 Å². The molecule has 2 heteroatoms. The number of fused-ring (bicyclic) bond motifs is 7. The molecular formula is C46H32N2. The molecule has 0 fully saturated rings. The van der Waals surface area contributed by atoms with Gasteiger partial charge in [-0.15, -0.1) is 0 Å². The predicted octanol–water partition coefficient (Wildman–Crippen LogP) is 12.0. The van der Waals surface area contributed by atoms with Crippen LogP contribution >= 0.6 is 0 Å². The quantitative estimate of drug-likeness (QED) is 0.192. The van der Waals surface area contributed by atoms with Crippen LogP contribution in [0.15, 0.2) is 182 Å². The van der Waals surface area contributed by atoms with Crippen molar-refractivity contribution in [1.29, 1.82) is 0 Å². The summed E-state index contributed by atoms with van der Waals surface area (Å²) in [6.07, 6.45) is 9.12. The molecule has 1 aromatic heterocycles. The molecule has 2 atom stereocenters. The lowest BCUT2D eigenvalue weighted by molar-refractivity contribution is 0.745. The van der Waals surface area contributed by atoms with Crippen LogP contribution in [-0.4, -0.2) is 10.6 Å². The Hall–Kier alpha value is -6.12. The molecular weight excluding hydrogens is 581 g/mol. The zero-order chi connectivity index (χ0) is 31.6. The van der Waals surface area contributed by atoms with E-state index in [1.165, 1.54) is 77.5 Å². The third kappa shape index (κ3) is 4.19. The second-order valence-corrected chi connectivity index (χ2v) is 13.0. The van der Waals surface area contributed by atoms with E-state index in [-0.39, 0.29) is 6.04 Å². The lowest BCUT2D eigenvalue weighted by atomic mass is 9.89. The predicted molar refractivity (Wildman–Crippen MR) is 203 cm³/mol. The van der Waals surface area contributed by atoms with Gasteiger partial charge in [-0.2, -0.15) is 0 Å². The van der Waals surface area contributed by atoms with Crippen LogP contribution in [0.2, 0.25) is 0 Å². The van der Waals surface area contributed by atoms with E-state index >= 15 is 0 Å². The largest absolute Gasteiger partial charge is 0.333 e. The Morgan fingerprint density at radius 1 is 0.417 bits per heavy atom. The maximum Gasteiger partial charge on any atom is 0.0629 e. The maximum absolute atomic E-state index is 2.52. The van der Waals surface area contributed by atoms with Gasteiger partial charge in [0.1, 0.15) is 0 Å². The van der Waals surface area contributed by atoms with Gasteiger partial charge in [0.15, 0.2) is 0 Å². The van der Waals surface area contributed by atoms with E-state index < -0.39 is 0 Å². The van der Waals surface area contributed by atoms with Crippen molar-refractivity contribution in [3.8, 4) is 27.9 Å². The number of allylic oxidation sites excluding steroid dienone is 2. The highest BCUT2D eigenvalue weighted by atomic mass is 15.2. The summed E-state index contributed by atoms with van der Waals surface area (Å²) < 4.78 is 2.41. The number of aromatic nitrogens is 1. The highest BCUT2D eigenvalue weighted by Crippen LogP contribution is 2.49. The Morgan fingerprint density at radius 2 is 1.15 bits per heavy atom. The van der Waals surface area contributed by atoms with Crippen LogP contribution in [-0.2, 0) is 0 Å². The zero-order valence-corrected chi connectivity index (χ0v) is 26.4. The van der Waals surface area contributed by atoms with Gasteiger partial charge in [-0.05, 0) is 93.2 Å². The summed E-state index contributed by atoms with van der Waals surface area (Å²) >= 11 is 0. The van der Waals surface area contributed by atoms with Crippen LogP contribution in [0.1, 0.15) is 11.5 Å². The monoisotopic (exact) mass is 612 g/mol. The fraction of sp³-hybridized carbons (Fsp3) is 0.0435. The molecule has 0 spiro atoms. The van der Waals surface area contributed by atoms with Gasteiger partial charge in [-0.25, -0.2) is 0 Å². The molecule has 1 aliphatic carbocycles. The van der Waals surface area contributed by atoms with Crippen LogP contribution in [0.4, 0.5) is 11.4 Å². The van der Waals surface area contributed by atoms with E-state index in [0.717, 1.165) is 0 Å². The Kier molecular flexibility index (Phi) is 6.04. The van der Waals surface area contributed by atoms with E-state index in [9.17, 15) is 0 Å². The molecule has 226 valence electrons. The number of nitrogens with zero attached hydrogens (tertiary/aromatic N) is 2. The lowest BCUT2D eigenvalue weighted by Crippen LogP contribution is -2.28. The minimum atomic E-state index is 0.258. The summed E-state index contributed by atoms with van der Waals surface area (Å²) in [5.41, 5.74) is 12.4. The molecule has 0 saturated carbocycles. The fourth-order valence-electron chi connectivity index (χ4n) is 8.03. The maximum atomic E-state index is 2.52. The Labute approximate surface area is 280 Å². The van der Waals surface area contributed by atoms with Crippen molar-refractivity contribution < 1.29 is 0 Å². The summed E-state index contributed by atoms with van der Waals surface area (Å²) in [5.74, 6) is 0.305. The third-order valence-corrected chi connectivity index (χ3v) is 10.3. The molecule has 1 aliphatic heterocycles. The van der Waals surface area contributed by atoms with Gasteiger partial charge >= 0.3 is 0 Å². The van der Waals surface area contributed by atoms with Crippen molar-refractivity contribution >= 4 is 44.0 Å². The number of anilines is 2. The van der Waals surface area contributed by atoms with Gasteiger partial charge < -0.3 is 9.47 Å². The van der Waals surface area contributed by atoms with E-state index in [1.807, 2.05) is 0 Å². The third-order valence-electron chi connectivity index (χ3n) is 10.3. The second-order valence-electron chi connectivity index (χ2n) is 13.0. The first kappa shape index (κ1) is 27.0. The second kappa shape index (κ2) is 10.7. The van der Waals surface area contributed by atoms with E-state index in [1.54, 1.807) is 0 Å². The zero-order valence-electron chi connectivity index (χ0n) is 26.4. The molecule has 2 aliphatic rings. The van der Waals surface area contributed by atoms with Crippen LogP contribution in [0, 0.1) is 0 Å². The first-order valence-corrected chi connectivity index (χ1v) is 16.8. The molecule has 0 radical (unpaired) electrons. The fourth-order valence-corrected chi connectivity index (χ4v) is 8.03. The molecule has 7 aromatic carbocycles. The molecule has 0 bridgehead atoms. The molecule has 0 N–H and O–H groups in total. The number of para-hydroxylation sites is 1. The smallest absolute Gasteiger partial charge is 0.0629 e. The normalized spacial score (nSPS) is 16.5. The Balaban J connectivity index is 1.09. The van der Waals surface area contributed by atoms with Crippen LogP contribution in [0.25, 0.3) is 60.5 Å². The molecule has 2 nitrogen and oxygen atoms in total. The lowest BCUT2D eigenvalue weighted by Gasteiger charge is -2.29. The van der Waals surface area contributed by atoms with Crippen LogP contribution < -0.4 is 4.90 Å². The molecule has 8 aromatic rings. The highest BCUT2D eigenvalue weighted by Gasteiger charge is 2.37. The van der Waals surface area contributed by atoms with Gasteiger partial charge in [0, 0.05) is 33.8 Å². The summed E-state index contributed by atoms with van der Waals surface area (Å²) in [4.78, 5) is 2.52. The molecule has 48 heavy (non-hydrogen) atoms. The summed E-state index contributed by atoms with van der Waals surface area (Å²) in [6.45, 7) is 0. The van der Waals surface area contributed by atoms with E-state index in [0.29, 0.717) is 5.92 Å². The standard InChI is InChI=1S/C46H32N2/c1-2-11-31(12-3-1)34-15-10-16-37(27-34)47-43-19-8-6-17-39(43)41-29-35(22-25-45(41)47)36-23-26-46-42(30-36)40-18-7-9-20-44(40)48(46)38-24-21-32-13-4-5-14-33(32)28-38/h1-30,40,44H. The molecule has 10 rings (SSSR count). The minimum absolute atomic E-state index is 0.258. The summed E-state index contributed by atoms with van der Waals surface area (Å²) in [6, 6.07) is 58.1. The van der Waals surface area contributed by atoms with Crippen molar-refractivity contribution in [3.05, 3.63) is 188 Å². The minimum Gasteiger partial charge on any atom is -0.333 e. The average molecular weight is 613 g/mol. The summed E-state index contributed by atoms with van der Waals surface area (Å²) in [5, 5.41) is 5.08. The average Bonchev–Trinajstić information content (AvgIpc) is 3.67. The first-order chi connectivity index (χ1) is 23.8. The number of hydrogen-bond acceptors (Lipinski definition) is 1. The van der Waals surface area contributed by atoms with Gasteiger partial charge in [-0.1, -0.05) is 127 Å². The van der Waals surface area contributed by atoms with E-state index in [2.05, 4.69) is 191 Å². The molecule has 2 heterocycles. The van der Waals surface area contributed by atoms with Crippen molar-refractivity contribution in [2.24, 2.45) is 0 Å².